The van der Waals surface area contributed by atoms with E-state index in [1.165, 1.54) is 6.42 Å². The Balaban J connectivity index is 2.04. The van der Waals surface area contributed by atoms with E-state index in [1.807, 2.05) is 11.8 Å². The van der Waals surface area contributed by atoms with Gasteiger partial charge in [0.1, 0.15) is 0 Å². The molecule has 0 saturated carbocycles. The second-order valence-corrected chi connectivity index (χ2v) is 5.79. The Morgan fingerprint density at radius 2 is 2.36 bits per heavy atom. The Kier molecular flexibility index (Phi) is 3.13. The Morgan fingerprint density at radius 1 is 1.50 bits per heavy atom. The number of nitrogens with zero attached hydrogens (tertiary/aromatic N) is 1. The van der Waals surface area contributed by atoms with Crippen LogP contribution in [0.4, 0.5) is 5.69 Å². The first-order chi connectivity index (χ1) is 6.74. The molecule has 0 radical (unpaired) electrons. The number of thiophene rings is 1. The molecule has 2 rings (SSSR count). The number of rotatable bonds is 1. The van der Waals surface area contributed by atoms with Crippen molar-refractivity contribution < 1.29 is 0 Å². The summed E-state index contributed by atoms with van der Waals surface area (Å²) < 4.78 is 0. The molecule has 0 spiro atoms. The molecule has 1 aromatic rings. The number of nitrogens with one attached hydrogen (secondary N) is 1. The molecule has 76 valence electrons. The van der Waals surface area contributed by atoms with Crippen LogP contribution in [0.3, 0.4) is 0 Å². The molecule has 1 aromatic heterocycles. The summed E-state index contributed by atoms with van der Waals surface area (Å²) in [6.45, 7) is 4.43. The molecule has 4 heteroatoms. The first kappa shape index (κ1) is 10.1. The summed E-state index contributed by atoms with van der Waals surface area (Å²) >= 11 is 3.53. The van der Waals surface area contributed by atoms with Crippen molar-refractivity contribution in [2.75, 3.05) is 5.32 Å². The highest BCUT2D eigenvalue weighted by molar-refractivity contribution is 8.14. The lowest BCUT2D eigenvalue weighted by Gasteiger charge is -2.22. The Morgan fingerprint density at radius 3 is 3.00 bits per heavy atom. The summed E-state index contributed by atoms with van der Waals surface area (Å²) in [5.41, 5.74) is 1.16. The maximum absolute atomic E-state index is 4.58. The van der Waals surface area contributed by atoms with E-state index < -0.39 is 0 Å². The third-order valence-electron chi connectivity index (χ3n) is 2.10. The van der Waals surface area contributed by atoms with E-state index in [-0.39, 0.29) is 0 Å². The average molecular weight is 226 g/mol. The van der Waals surface area contributed by atoms with Crippen LogP contribution in [0.15, 0.2) is 21.8 Å². The van der Waals surface area contributed by atoms with Gasteiger partial charge in [-0.25, -0.2) is 0 Å². The molecule has 2 heterocycles. The molecule has 1 N–H and O–H groups in total. The van der Waals surface area contributed by atoms with Gasteiger partial charge in [0, 0.05) is 10.6 Å². The number of anilines is 1. The maximum Gasteiger partial charge on any atom is 0.161 e. The van der Waals surface area contributed by atoms with Gasteiger partial charge in [0.05, 0.1) is 11.7 Å². The van der Waals surface area contributed by atoms with E-state index in [4.69, 9.17) is 0 Å². The predicted molar refractivity (Wildman–Crippen MR) is 66.5 cm³/mol. The molecule has 2 atom stereocenters. The zero-order chi connectivity index (χ0) is 9.97. The SMILES string of the molecule is CC1CC(C)SC(Nc2ccsc2)=N1. The highest BCUT2D eigenvalue weighted by Crippen LogP contribution is 2.26. The smallest absolute Gasteiger partial charge is 0.161 e. The lowest BCUT2D eigenvalue weighted by molar-refractivity contribution is 0.661. The first-order valence-electron chi connectivity index (χ1n) is 4.77. The molecule has 1 aliphatic heterocycles. The fourth-order valence-electron chi connectivity index (χ4n) is 1.52. The highest BCUT2D eigenvalue weighted by Gasteiger charge is 2.18. The monoisotopic (exact) mass is 226 g/mol. The number of aliphatic imine (C=N–C) groups is 1. The largest absolute Gasteiger partial charge is 0.334 e. The number of hydrogen-bond acceptors (Lipinski definition) is 4. The van der Waals surface area contributed by atoms with E-state index >= 15 is 0 Å². The van der Waals surface area contributed by atoms with Crippen LogP contribution < -0.4 is 5.32 Å². The second kappa shape index (κ2) is 4.36. The van der Waals surface area contributed by atoms with Crippen LogP contribution >= 0.6 is 23.1 Å². The Bertz CT molecular complexity index is 319. The Hall–Kier alpha value is -0.480. The minimum Gasteiger partial charge on any atom is -0.334 e. The van der Waals surface area contributed by atoms with Crippen LogP contribution in [0.2, 0.25) is 0 Å². The fourth-order valence-corrected chi connectivity index (χ4v) is 3.28. The first-order valence-corrected chi connectivity index (χ1v) is 6.60. The van der Waals surface area contributed by atoms with Crippen LogP contribution in [0, 0.1) is 0 Å². The van der Waals surface area contributed by atoms with Gasteiger partial charge in [-0.3, -0.25) is 4.99 Å². The van der Waals surface area contributed by atoms with E-state index in [2.05, 4.69) is 41.0 Å². The van der Waals surface area contributed by atoms with Crippen LogP contribution in [0.25, 0.3) is 0 Å². The summed E-state index contributed by atoms with van der Waals surface area (Å²) in [5.74, 6) is 0. The molecule has 0 saturated heterocycles. The van der Waals surface area contributed by atoms with Crippen LogP contribution in [-0.4, -0.2) is 16.5 Å². The highest BCUT2D eigenvalue weighted by atomic mass is 32.2. The predicted octanol–water partition coefficient (Wildman–Crippen LogP) is 3.43. The molecule has 0 fully saturated rings. The zero-order valence-electron chi connectivity index (χ0n) is 8.36. The standard InChI is InChI=1S/C10H14N2S2/c1-7-5-8(2)14-10(11-7)12-9-3-4-13-6-9/h3-4,6-8H,5H2,1-2H3,(H,11,12). The van der Waals surface area contributed by atoms with E-state index in [0.717, 1.165) is 10.9 Å². The molecule has 14 heavy (non-hydrogen) atoms. The molecule has 2 unspecified atom stereocenters. The van der Waals surface area contributed by atoms with Crippen LogP contribution in [0.1, 0.15) is 20.3 Å². The molecule has 0 aromatic carbocycles. The molecule has 0 amide bonds. The minimum atomic E-state index is 0.451. The maximum atomic E-state index is 4.58. The van der Waals surface area contributed by atoms with Gasteiger partial charge in [-0.05, 0) is 24.8 Å². The number of amidine groups is 1. The van der Waals surface area contributed by atoms with E-state index in [1.54, 1.807) is 11.3 Å². The van der Waals surface area contributed by atoms with Crippen molar-refractivity contribution in [2.24, 2.45) is 4.99 Å². The van der Waals surface area contributed by atoms with Crippen LogP contribution in [0.5, 0.6) is 0 Å². The van der Waals surface area contributed by atoms with Crippen molar-refractivity contribution in [3.63, 3.8) is 0 Å². The molecular weight excluding hydrogens is 212 g/mol. The second-order valence-electron chi connectivity index (χ2n) is 3.58. The lowest BCUT2D eigenvalue weighted by atomic mass is 10.2. The van der Waals surface area contributed by atoms with Gasteiger partial charge < -0.3 is 5.32 Å². The van der Waals surface area contributed by atoms with Crippen molar-refractivity contribution in [1.29, 1.82) is 0 Å². The van der Waals surface area contributed by atoms with E-state index in [0.29, 0.717) is 11.3 Å². The van der Waals surface area contributed by atoms with Gasteiger partial charge >= 0.3 is 0 Å². The summed E-state index contributed by atoms with van der Waals surface area (Å²) in [6.07, 6.45) is 1.18. The molecule has 1 aliphatic rings. The molecule has 2 nitrogen and oxygen atoms in total. The topological polar surface area (TPSA) is 24.4 Å². The van der Waals surface area contributed by atoms with Gasteiger partial charge in [-0.2, -0.15) is 11.3 Å². The van der Waals surface area contributed by atoms with Crippen molar-refractivity contribution in [2.45, 2.75) is 31.6 Å². The molecular formula is C10H14N2S2. The zero-order valence-corrected chi connectivity index (χ0v) is 9.99. The number of hydrogen-bond donors (Lipinski definition) is 1. The van der Waals surface area contributed by atoms with Crippen LogP contribution in [-0.2, 0) is 0 Å². The van der Waals surface area contributed by atoms with Crippen molar-refractivity contribution in [3.05, 3.63) is 16.8 Å². The van der Waals surface area contributed by atoms with E-state index in [9.17, 15) is 0 Å². The quantitative estimate of drug-likeness (QED) is 0.793. The fraction of sp³-hybridized carbons (Fsp3) is 0.500. The molecule has 0 aliphatic carbocycles. The summed E-state index contributed by atoms with van der Waals surface area (Å²) in [4.78, 5) is 4.58. The van der Waals surface area contributed by atoms with Gasteiger partial charge in [0.15, 0.2) is 5.17 Å². The minimum absolute atomic E-state index is 0.451. The Labute approximate surface area is 92.8 Å². The van der Waals surface area contributed by atoms with Gasteiger partial charge in [-0.15, -0.1) is 0 Å². The van der Waals surface area contributed by atoms with Crippen molar-refractivity contribution in [3.8, 4) is 0 Å². The van der Waals surface area contributed by atoms with Crippen molar-refractivity contribution >= 4 is 34.0 Å². The lowest BCUT2D eigenvalue weighted by Crippen LogP contribution is -2.22. The number of thioether (sulfide) groups is 1. The average Bonchev–Trinajstić information content (AvgIpc) is 2.54. The normalized spacial score (nSPS) is 27.1. The third kappa shape index (κ3) is 2.51. The third-order valence-corrected chi connectivity index (χ3v) is 3.80. The molecule has 0 bridgehead atoms. The van der Waals surface area contributed by atoms with Crippen molar-refractivity contribution in [1.82, 2.24) is 0 Å². The van der Waals surface area contributed by atoms with Gasteiger partial charge in [0.2, 0.25) is 0 Å². The summed E-state index contributed by atoms with van der Waals surface area (Å²) in [5, 5.41) is 9.26. The summed E-state index contributed by atoms with van der Waals surface area (Å²) in [6, 6.07) is 2.53. The van der Waals surface area contributed by atoms with Gasteiger partial charge in [-0.1, -0.05) is 18.7 Å². The van der Waals surface area contributed by atoms with Gasteiger partial charge in [0.25, 0.3) is 0 Å². The summed E-state index contributed by atoms with van der Waals surface area (Å²) in [7, 11) is 0.